The largest absolute Gasteiger partial charge is 0.495 e. The Morgan fingerprint density at radius 3 is 2.32 bits per heavy atom. The van der Waals surface area contributed by atoms with Crippen molar-refractivity contribution in [3.63, 3.8) is 0 Å². The zero-order valence-electron chi connectivity index (χ0n) is 29.0. The first-order chi connectivity index (χ1) is 24.3. The van der Waals surface area contributed by atoms with Crippen LogP contribution in [0.1, 0.15) is 64.7 Å². The van der Waals surface area contributed by atoms with E-state index in [1.165, 1.54) is 0 Å². The van der Waals surface area contributed by atoms with Gasteiger partial charge in [0.2, 0.25) is 0 Å². The number of ether oxygens (including phenoxy) is 2. The highest BCUT2D eigenvalue weighted by Crippen LogP contribution is 2.35. The molecule has 3 aromatic rings. The van der Waals surface area contributed by atoms with Crippen LogP contribution in [0.5, 0.6) is 5.75 Å². The lowest BCUT2D eigenvalue weighted by Crippen LogP contribution is -2.53. The normalized spacial score (nSPS) is 18.1. The molecule has 2 amide bonds. The third-order valence-electron chi connectivity index (χ3n) is 9.99. The topological polar surface area (TPSA) is 170 Å². The molecule has 3 aliphatic heterocycles. The van der Waals surface area contributed by atoms with Crippen LogP contribution in [0.25, 0.3) is 0 Å². The maximum Gasteiger partial charge on any atom is 0.274 e. The van der Waals surface area contributed by atoms with E-state index >= 15 is 0 Å². The number of anilines is 4. The number of aromatic nitrogens is 2. The molecule has 3 aliphatic rings. The van der Waals surface area contributed by atoms with Gasteiger partial charge in [0.15, 0.2) is 17.3 Å². The van der Waals surface area contributed by atoms with Gasteiger partial charge in [-0.05, 0) is 61.9 Å². The summed E-state index contributed by atoms with van der Waals surface area (Å²) in [4.78, 5) is 40.9. The monoisotopic (exact) mass is 687 g/mol. The maximum absolute atomic E-state index is 12.4. The van der Waals surface area contributed by atoms with Crippen LogP contribution >= 0.6 is 0 Å². The van der Waals surface area contributed by atoms with Crippen molar-refractivity contribution in [1.29, 1.82) is 0 Å². The van der Waals surface area contributed by atoms with Crippen LogP contribution in [0.2, 0.25) is 0 Å². The standard InChI is InChI=1S/C36H49N9O5/c1-3-29-34(38-26-12-20-50-21-13-26)41-35(32(40-29)33(37)46)39-27-8-9-30(31(22-27)49-2)45-14-10-28(11-15-45)44-18-16-43(17-19-44)23-24-4-6-25(7-5-24)36(47)42-48/h4-9,22,26,28,48H,3,10-21,23H2,1-2H3,(H2,37,46)(H,42,47)(H2,38,39,41). The molecule has 3 saturated heterocycles. The summed E-state index contributed by atoms with van der Waals surface area (Å²) < 4.78 is 11.4. The summed E-state index contributed by atoms with van der Waals surface area (Å²) in [6.07, 6.45) is 4.51. The van der Waals surface area contributed by atoms with Crippen molar-refractivity contribution < 1.29 is 24.3 Å². The molecule has 2 aromatic carbocycles. The van der Waals surface area contributed by atoms with E-state index in [0.29, 0.717) is 48.6 Å². The van der Waals surface area contributed by atoms with E-state index in [1.807, 2.05) is 31.2 Å². The molecule has 3 fully saturated rings. The number of piperazine rings is 1. The van der Waals surface area contributed by atoms with E-state index < -0.39 is 11.8 Å². The first-order valence-corrected chi connectivity index (χ1v) is 17.6. The zero-order valence-corrected chi connectivity index (χ0v) is 29.0. The lowest BCUT2D eigenvalue weighted by atomic mass is 10.0. The van der Waals surface area contributed by atoms with Crippen molar-refractivity contribution in [2.75, 3.05) is 75.1 Å². The Hall–Kier alpha value is -4.50. The van der Waals surface area contributed by atoms with Crippen LogP contribution in [0.4, 0.5) is 23.0 Å². The third kappa shape index (κ3) is 8.44. The number of nitrogens with two attached hydrogens (primary N) is 1. The van der Waals surface area contributed by atoms with Gasteiger partial charge in [-0.3, -0.25) is 24.6 Å². The van der Waals surface area contributed by atoms with Gasteiger partial charge >= 0.3 is 0 Å². The molecule has 0 aliphatic carbocycles. The number of benzene rings is 2. The van der Waals surface area contributed by atoms with E-state index in [0.717, 1.165) is 94.2 Å². The van der Waals surface area contributed by atoms with E-state index in [1.54, 1.807) is 24.7 Å². The van der Waals surface area contributed by atoms with Gasteiger partial charge in [-0.25, -0.2) is 15.4 Å². The van der Waals surface area contributed by atoms with Crippen LogP contribution in [-0.4, -0.2) is 108 Å². The van der Waals surface area contributed by atoms with Crippen LogP contribution in [0.15, 0.2) is 42.5 Å². The zero-order chi connectivity index (χ0) is 35.0. The average molecular weight is 688 g/mol. The van der Waals surface area contributed by atoms with Crippen molar-refractivity contribution in [2.45, 2.75) is 57.7 Å². The van der Waals surface area contributed by atoms with Gasteiger partial charge in [-0.2, -0.15) is 0 Å². The predicted octanol–water partition coefficient (Wildman–Crippen LogP) is 3.39. The molecule has 268 valence electrons. The number of carbonyl (C=O) groups is 2. The molecule has 6 N–H and O–H groups in total. The summed E-state index contributed by atoms with van der Waals surface area (Å²) in [5, 5.41) is 15.6. The van der Waals surface area contributed by atoms with Gasteiger partial charge in [0, 0.05) is 88.4 Å². The molecule has 0 bridgehead atoms. The van der Waals surface area contributed by atoms with Crippen molar-refractivity contribution in [2.24, 2.45) is 5.73 Å². The number of primary amides is 1. The van der Waals surface area contributed by atoms with Crippen molar-refractivity contribution in [3.8, 4) is 5.75 Å². The number of aryl methyl sites for hydroxylation is 1. The van der Waals surface area contributed by atoms with E-state index in [2.05, 4.69) is 36.4 Å². The molecule has 0 atom stereocenters. The molecular formula is C36H49N9O5. The number of hydrogen-bond acceptors (Lipinski definition) is 12. The summed E-state index contributed by atoms with van der Waals surface area (Å²) in [5.41, 5.74) is 11.6. The lowest BCUT2D eigenvalue weighted by Gasteiger charge is -2.43. The molecular weight excluding hydrogens is 638 g/mol. The second-order valence-electron chi connectivity index (χ2n) is 13.1. The Kier molecular flexibility index (Phi) is 11.6. The number of rotatable bonds is 12. The van der Waals surface area contributed by atoms with Crippen molar-refractivity contribution >= 4 is 34.8 Å². The summed E-state index contributed by atoms with van der Waals surface area (Å²) in [6.45, 7) is 10.1. The SMILES string of the molecule is CCc1nc(C(N)=O)c(Nc2ccc(N3CCC(N4CCN(Cc5ccc(C(=O)NO)cc5)CC4)CC3)c(OC)c2)nc1NC1CCOCC1. The summed E-state index contributed by atoms with van der Waals surface area (Å²) in [7, 11) is 1.68. The summed E-state index contributed by atoms with van der Waals surface area (Å²) in [6, 6.07) is 14.1. The van der Waals surface area contributed by atoms with E-state index in [4.69, 9.17) is 25.4 Å². The fourth-order valence-electron chi connectivity index (χ4n) is 7.12. The van der Waals surface area contributed by atoms with E-state index in [-0.39, 0.29) is 11.7 Å². The van der Waals surface area contributed by atoms with Crippen LogP contribution in [0, 0.1) is 0 Å². The summed E-state index contributed by atoms with van der Waals surface area (Å²) >= 11 is 0. The Morgan fingerprint density at radius 1 is 0.960 bits per heavy atom. The fourth-order valence-corrected chi connectivity index (χ4v) is 7.12. The van der Waals surface area contributed by atoms with Gasteiger partial charge in [-0.1, -0.05) is 19.1 Å². The van der Waals surface area contributed by atoms with Crippen LogP contribution in [-0.2, 0) is 17.7 Å². The van der Waals surface area contributed by atoms with Gasteiger partial charge in [0.1, 0.15) is 5.75 Å². The Labute approximate surface area is 293 Å². The first-order valence-electron chi connectivity index (χ1n) is 17.6. The van der Waals surface area contributed by atoms with Crippen molar-refractivity contribution in [1.82, 2.24) is 25.2 Å². The van der Waals surface area contributed by atoms with Gasteiger partial charge < -0.3 is 30.7 Å². The van der Waals surface area contributed by atoms with Crippen molar-refractivity contribution in [3.05, 3.63) is 65.0 Å². The molecule has 0 spiro atoms. The molecule has 14 nitrogen and oxygen atoms in total. The molecule has 1 aromatic heterocycles. The highest BCUT2D eigenvalue weighted by atomic mass is 16.5. The summed E-state index contributed by atoms with van der Waals surface area (Å²) in [5.74, 6) is 0.569. The quantitative estimate of drug-likeness (QED) is 0.139. The molecule has 50 heavy (non-hydrogen) atoms. The number of hydrogen-bond donors (Lipinski definition) is 5. The second-order valence-corrected chi connectivity index (χ2v) is 13.1. The third-order valence-corrected chi connectivity index (χ3v) is 9.99. The van der Waals surface area contributed by atoms with Crippen LogP contribution in [0.3, 0.4) is 0 Å². The molecule has 0 radical (unpaired) electrons. The molecule has 0 unspecified atom stereocenters. The number of hydroxylamine groups is 1. The second kappa shape index (κ2) is 16.5. The highest BCUT2D eigenvalue weighted by Gasteiger charge is 2.29. The Balaban J connectivity index is 1.05. The van der Waals surface area contributed by atoms with Crippen LogP contribution < -0.4 is 31.5 Å². The number of amides is 2. The minimum Gasteiger partial charge on any atom is -0.495 e. The Bertz CT molecular complexity index is 1620. The minimum atomic E-state index is -0.638. The number of nitrogens with zero attached hydrogens (tertiary/aromatic N) is 5. The maximum atomic E-state index is 12.4. The Morgan fingerprint density at radius 2 is 1.68 bits per heavy atom. The number of methoxy groups -OCH3 is 1. The molecule has 4 heterocycles. The van der Waals surface area contributed by atoms with Gasteiger partial charge in [0.05, 0.1) is 18.5 Å². The number of piperidine rings is 1. The first kappa shape index (κ1) is 35.3. The van der Waals surface area contributed by atoms with Gasteiger partial charge in [-0.15, -0.1) is 0 Å². The minimum absolute atomic E-state index is 0.105. The van der Waals surface area contributed by atoms with Gasteiger partial charge in [0.25, 0.3) is 11.8 Å². The lowest BCUT2D eigenvalue weighted by molar-refractivity contribution is 0.0706. The highest BCUT2D eigenvalue weighted by molar-refractivity contribution is 5.96. The number of nitrogens with one attached hydrogen (secondary N) is 3. The molecule has 6 rings (SSSR count). The van der Waals surface area contributed by atoms with E-state index in [9.17, 15) is 9.59 Å². The molecule has 0 saturated carbocycles. The average Bonchev–Trinajstić information content (AvgIpc) is 3.15. The molecule has 14 heteroatoms. The predicted molar refractivity (Wildman–Crippen MR) is 191 cm³/mol. The smallest absolute Gasteiger partial charge is 0.274 e. The fraction of sp³-hybridized carbons (Fsp3) is 0.500. The number of carbonyl (C=O) groups excluding carboxylic acids is 2.